The van der Waals surface area contributed by atoms with Gasteiger partial charge < -0.3 is 16.4 Å². The number of benzene rings is 1. The van der Waals surface area contributed by atoms with Gasteiger partial charge in [-0.2, -0.15) is 0 Å². The van der Waals surface area contributed by atoms with Crippen molar-refractivity contribution in [3.05, 3.63) is 29.8 Å². The molecule has 0 bridgehead atoms. The molecule has 0 heterocycles. The molecule has 112 valence electrons. The lowest BCUT2D eigenvalue weighted by atomic mass is 10.1. The third kappa shape index (κ3) is 5.71. The zero-order valence-electron chi connectivity index (χ0n) is 12.2. The van der Waals surface area contributed by atoms with Crippen molar-refractivity contribution in [2.45, 2.75) is 31.6 Å². The molecule has 4 N–H and O–H groups in total. The van der Waals surface area contributed by atoms with Crippen molar-refractivity contribution in [1.29, 1.82) is 0 Å². The molecule has 0 aliphatic rings. The summed E-state index contributed by atoms with van der Waals surface area (Å²) in [5.74, 6) is 0. The topological polar surface area (TPSA) is 84.2 Å². The first-order valence-corrected chi connectivity index (χ1v) is 8.24. The van der Waals surface area contributed by atoms with Crippen molar-refractivity contribution in [3.8, 4) is 0 Å². The Balaban J connectivity index is 2.45. The van der Waals surface area contributed by atoms with E-state index in [0.717, 1.165) is 18.5 Å². The Morgan fingerprint density at radius 1 is 1.30 bits per heavy atom. The van der Waals surface area contributed by atoms with Gasteiger partial charge in [0.2, 0.25) is 0 Å². The molecule has 5 nitrogen and oxygen atoms in total. The van der Waals surface area contributed by atoms with Crippen LogP contribution in [0.3, 0.4) is 0 Å². The maximum absolute atomic E-state index is 11.3. The van der Waals surface area contributed by atoms with Crippen LogP contribution in [-0.4, -0.2) is 28.3 Å². The monoisotopic (exact) mass is 297 g/mol. The smallest absolute Gasteiger partial charge is 0.316 e. The van der Waals surface area contributed by atoms with Crippen molar-refractivity contribution in [3.63, 3.8) is 0 Å². The summed E-state index contributed by atoms with van der Waals surface area (Å²) in [5.41, 5.74) is 6.87. The molecular formula is C14H23N3O2S. The molecule has 0 aromatic heterocycles. The highest BCUT2D eigenvalue weighted by atomic mass is 32.2. The average molecular weight is 297 g/mol. The molecule has 0 fully saturated rings. The fourth-order valence-electron chi connectivity index (χ4n) is 1.78. The molecule has 3 unspecified atom stereocenters. The zero-order valence-corrected chi connectivity index (χ0v) is 13.0. The molecule has 6 heteroatoms. The van der Waals surface area contributed by atoms with E-state index in [0.29, 0.717) is 5.69 Å². The van der Waals surface area contributed by atoms with Gasteiger partial charge >= 0.3 is 6.03 Å². The van der Waals surface area contributed by atoms with Crippen LogP contribution in [0.2, 0.25) is 0 Å². The number of nitrogens with two attached hydrogens (primary N) is 1. The summed E-state index contributed by atoms with van der Waals surface area (Å²) in [6.45, 7) is 4.89. The second kappa shape index (κ2) is 8.01. The van der Waals surface area contributed by atoms with Gasteiger partial charge in [0.15, 0.2) is 0 Å². The molecule has 0 spiro atoms. The lowest BCUT2D eigenvalue weighted by molar-refractivity contribution is 0.259. The van der Waals surface area contributed by atoms with Crippen LogP contribution >= 0.6 is 0 Å². The predicted octanol–water partition coefficient (Wildman–Crippen LogP) is 1.98. The van der Waals surface area contributed by atoms with Crippen LogP contribution in [-0.2, 0) is 10.8 Å². The number of carbonyl (C=O) groups excluding carboxylic acids is 1. The van der Waals surface area contributed by atoms with Gasteiger partial charge in [-0.15, -0.1) is 0 Å². The Kier molecular flexibility index (Phi) is 6.67. The maximum Gasteiger partial charge on any atom is 0.316 e. The molecule has 0 radical (unpaired) electrons. The number of nitrogens with one attached hydrogen (secondary N) is 2. The van der Waals surface area contributed by atoms with Gasteiger partial charge in [-0.05, 0) is 37.6 Å². The van der Waals surface area contributed by atoms with Crippen molar-refractivity contribution in [1.82, 2.24) is 5.32 Å². The Labute approximate surface area is 122 Å². The van der Waals surface area contributed by atoms with E-state index < -0.39 is 16.8 Å². The molecule has 20 heavy (non-hydrogen) atoms. The molecule has 0 aliphatic carbocycles. The number of carbonyl (C=O) groups is 1. The minimum Gasteiger partial charge on any atom is -0.351 e. The first kappa shape index (κ1) is 16.7. The molecule has 1 rings (SSSR count). The van der Waals surface area contributed by atoms with Crippen molar-refractivity contribution in [2.75, 3.05) is 18.1 Å². The second-order valence-electron chi connectivity index (χ2n) is 4.88. The number of amides is 2. The van der Waals surface area contributed by atoms with Crippen LogP contribution in [0.5, 0.6) is 0 Å². The standard InChI is InChI=1S/C14H23N3O2S/c1-10(20(3)19)8-9-16-11(2)12-4-6-13(7-5-12)17-14(15)18/h4-7,10-11,16H,8-9H2,1-3H3,(H3,15,17,18). The van der Waals surface area contributed by atoms with Gasteiger partial charge in [-0.3, -0.25) is 4.21 Å². The summed E-state index contributed by atoms with van der Waals surface area (Å²) in [6.07, 6.45) is 2.62. The van der Waals surface area contributed by atoms with Gasteiger partial charge in [0.1, 0.15) is 0 Å². The van der Waals surface area contributed by atoms with E-state index >= 15 is 0 Å². The number of anilines is 1. The van der Waals surface area contributed by atoms with Crippen molar-refractivity contribution in [2.24, 2.45) is 5.73 Å². The molecule has 0 aliphatic heterocycles. The normalized spacial score (nSPS) is 15.3. The molecule has 0 saturated heterocycles. The molecule has 0 saturated carbocycles. The second-order valence-corrected chi connectivity index (χ2v) is 6.69. The van der Waals surface area contributed by atoms with Crippen LogP contribution in [0.15, 0.2) is 24.3 Å². The average Bonchev–Trinajstić information content (AvgIpc) is 2.38. The number of rotatable bonds is 7. The van der Waals surface area contributed by atoms with E-state index in [2.05, 4.69) is 17.6 Å². The maximum atomic E-state index is 11.3. The Morgan fingerprint density at radius 3 is 2.40 bits per heavy atom. The summed E-state index contributed by atoms with van der Waals surface area (Å²) in [4.78, 5) is 10.7. The first-order valence-electron chi connectivity index (χ1n) is 6.62. The van der Waals surface area contributed by atoms with Crippen LogP contribution in [0, 0.1) is 0 Å². The molecular weight excluding hydrogens is 274 g/mol. The number of hydrogen-bond donors (Lipinski definition) is 3. The van der Waals surface area contributed by atoms with Crippen LogP contribution in [0.25, 0.3) is 0 Å². The van der Waals surface area contributed by atoms with E-state index in [1.54, 1.807) is 6.26 Å². The van der Waals surface area contributed by atoms with E-state index in [4.69, 9.17) is 5.73 Å². The van der Waals surface area contributed by atoms with Crippen LogP contribution < -0.4 is 16.4 Å². The molecule has 2 amide bonds. The van der Waals surface area contributed by atoms with E-state index in [9.17, 15) is 9.00 Å². The largest absolute Gasteiger partial charge is 0.351 e. The summed E-state index contributed by atoms with van der Waals surface area (Å²) in [7, 11) is -0.770. The molecule has 3 atom stereocenters. The van der Waals surface area contributed by atoms with E-state index in [-0.39, 0.29) is 11.3 Å². The highest BCUT2D eigenvalue weighted by Crippen LogP contribution is 2.16. The predicted molar refractivity (Wildman–Crippen MR) is 84.2 cm³/mol. The Hall–Kier alpha value is -1.40. The van der Waals surface area contributed by atoms with Crippen molar-refractivity contribution < 1.29 is 9.00 Å². The quantitative estimate of drug-likeness (QED) is 0.719. The van der Waals surface area contributed by atoms with Gasteiger partial charge in [0, 0.05) is 34.0 Å². The SMILES string of the molecule is CC(NCCC(C)S(C)=O)c1ccc(NC(N)=O)cc1. The van der Waals surface area contributed by atoms with Gasteiger partial charge in [-0.25, -0.2) is 4.79 Å². The minimum atomic E-state index is -0.770. The Morgan fingerprint density at radius 2 is 1.90 bits per heavy atom. The Bertz CT molecular complexity index is 462. The van der Waals surface area contributed by atoms with Crippen LogP contribution in [0.4, 0.5) is 10.5 Å². The fraction of sp³-hybridized carbons (Fsp3) is 0.500. The third-order valence-corrected chi connectivity index (χ3v) is 4.62. The minimum absolute atomic E-state index is 0.204. The zero-order chi connectivity index (χ0) is 15.1. The van der Waals surface area contributed by atoms with Gasteiger partial charge in [-0.1, -0.05) is 19.1 Å². The summed E-state index contributed by atoms with van der Waals surface area (Å²) < 4.78 is 11.3. The van der Waals surface area contributed by atoms with Crippen LogP contribution in [0.1, 0.15) is 31.9 Å². The molecule has 1 aromatic carbocycles. The summed E-state index contributed by atoms with van der Waals surface area (Å²) in [6, 6.07) is 7.18. The number of hydrogen-bond acceptors (Lipinski definition) is 3. The highest BCUT2D eigenvalue weighted by Gasteiger charge is 2.08. The summed E-state index contributed by atoms with van der Waals surface area (Å²) >= 11 is 0. The highest BCUT2D eigenvalue weighted by molar-refractivity contribution is 7.84. The van der Waals surface area contributed by atoms with E-state index in [1.807, 2.05) is 31.2 Å². The summed E-state index contributed by atoms with van der Waals surface area (Å²) in [5, 5.41) is 6.13. The van der Waals surface area contributed by atoms with E-state index in [1.165, 1.54) is 0 Å². The first-order chi connectivity index (χ1) is 9.40. The number of primary amides is 1. The fourth-order valence-corrected chi connectivity index (χ4v) is 2.23. The van der Waals surface area contributed by atoms with Crippen molar-refractivity contribution >= 4 is 22.5 Å². The van der Waals surface area contributed by atoms with Gasteiger partial charge in [0.25, 0.3) is 0 Å². The van der Waals surface area contributed by atoms with Gasteiger partial charge in [0.05, 0.1) is 0 Å². The third-order valence-electron chi connectivity index (χ3n) is 3.25. The lowest BCUT2D eigenvalue weighted by Crippen LogP contribution is -2.24. The lowest BCUT2D eigenvalue weighted by Gasteiger charge is -2.16. The molecule has 1 aromatic rings. The number of urea groups is 1.